The molecule has 1 unspecified atom stereocenters. The average molecular weight is 213 g/mol. The fourth-order valence-corrected chi connectivity index (χ4v) is 1.68. The van der Waals surface area contributed by atoms with Crippen LogP contribution >= 0.6 is 11.6 Å². The molecule has 4 heteroatoms. The molecule has 1 saturated heterocycles. The second-order valence-corrected chi connectivity index (χ2v) is 3.91. The predicted molar refractivity (Wildman–Crippen MR) is 56.8 cm³/mol. The molecule has 0 aromatic carbocycles. The van der Waals surface area contributed by atoms with Crippen molar-refractivity contribution in [2.75, 3.05) is 18.5 Å². The zero-order valence-electron chi connectivity index (χ0n) is 8.09. The van der Waals surface area contributed by atoms with Crippen molar-refractivity contribution >= 4 is 17.3 Å². The molecule has 14 heavy (non-hydrogen) atoms. The number of ether oxygens (including phenoxy) is 1. The fraction of sp³-hybridized carbons (Fsp3) is 0.500. The topological polar surface area (TPSA) is 34.2 Å². The van der Waals surface area contributed by atoms with Crippen molar-refractivity contribution in [2.45, 2.75) is 19.4 Å². The van der Waals surface area contributed by atoms with E-state index in [4.69, 9.17) is 16.3 Å². The number of pyridine rings is 1. The molecule has 0 spiro atoms. The normalized spacial score (nSPS) is 21.1. The van der Waals surface area contributed by atoms with Crippen molar-refractivity contribution in [1.82, 2.24) is 4.98 Å². The predicted octanol–water partition coefficient (Wildman–Crippen LogP) is 2.24. The number of aryl methyl sites for hydroxylation is 1. The van der Waals surface area contributed by atoms with Gasteiger partial charge in [0.15, 0.2) is 5.15 Å². The molecule has 1 N–H and O–H groups in total. The van der Waals surface area contributed by atoms with Crippen LogP contribution in [0, 0.1) is 6.92 Å². The van der Waals surface area contributed by atoms with Crippen LogP contribution in [0.5, 0.6) is 0 Å². The highest BCUT2D eigenvalue weighted by molar-refractivity contribution is 6.31. The number of rotatable bonds is 2. The van der Waals surface area contributed by atoms with Gasteiger partial charge in [0.1, 0.15) is 0 Å². The summed E-state index contributed by atoms with van der Waals surface area (Å²) < 4.78 is 5.27. The van der Waals surface area contributed by atoms with Gasteiger partial charge in [-0.3, -0.25) is 0 Å². The summed E-state index contributed by atoms with van der Waals surface area (Å²) in [5.74, 6) is 0. The largest absolute Gasteiger partial charge is 0.379 e. The maximum atomic E-state index is 5.96. The molecule has 0 aliphatic carbocycles. The Morgan fingerprint density at radius 1 is 1.64 bits per heavy atom. The minimum Gasteiger partial charge on any atom is -0.379 e. The first-order valence-electron chi connectivity index (χ1n) is 4.72. The number of hydrogen-bond donors (Lipinski definition) is 1. The van der Waals surface area contributed by atoms with Gasteiger partial charge in [-0.15, -0.1) is 0 Å². The fourth-order valence-electron chi connectivity index (χ4n) is 1.52. The van der Waals surface area contributed by atoms with Crippen LogP contribution in [0.4, 0.5) is 5.69 Å². The third-order valence-corrected chi connectivity index (χ3v) is 2.57. The van der Waals surface area contributed by atoms with Gasteiger partial charge in [-0.25, -0.2) is 4.98 Å². The van der Waals surface area contributed by atoms with Crippen molar-refractivity contribution in [3.8, 4) is 0 Å². The molecular formula is C10H13ClN2O. The Morgan fingerprint density at radius 2 is 2.50 bits per heavy atom. The van der Waals surface area contributed by atoms with Crippen LogP contribution in [0.3, 0.4) is 0 Å². The standard InChI is InChI=1S/C10H13ClN2O/c1-7-4-9(10(11)12-5-7)13-8-2-3-14-6-8/h4-5,8,13H,2-3,6H2,1H3. The minimum atomic E-state index is 0.371. The number of nitrogens with zero attached hydrogens (tertiary/aromatic N) is 1. The molecule has 0 radical (unpaired) electrons. The zero-order chi connectivity index (χ0) is 9.97. The van der Waals surface area contributed by atoms with Gasteiger partial charge < -0.3 is 10.1 Å². The van der Waals surface area contributed by atoms with E-state index in [1.54, 1.807) is 6.20 Å². The molecule has 1 aromatic rings. The van der Waals surface area contributed by atoms with E-state index in [0.29, 0.717) is 11.2 Å². The van der Waals surface area contributed by atoms with Crippen molar-refractivity contribution in [3.05, 3.63) is 23.0 Å². The van der Waals surface area contributed by atoms with Crippen LogP contribution in [0.2, 0.25) is 5.15 Å². The van der Waals surface area contributed by atoms with E-state index in [2.05, 4.69) is 10.3 Å². The summed E-state index contributed by atoms with van der Waals surface area (Å²) in [6, 6.07) is 2.38. The number of halogens is 1. The van der Waals surface area contributed by atoms with Gasteiger partial charge in [0.25, 0.3) is 0 Å². The van der Waals surface area contributed by atoms with Crippen LogP contribution < -0.4 is 5.32 Å². The van der Waals surface area contributed by atoms with E-state index >= 15 is 0 Å². The molecule has 1 aliphatic rings. The maximum absolute atomic E-state index is 5.96. The second kappa shape index (κ2) is 4.15. The van der Waals surface area contributed by atoms with Crippen LogP contribution in [0.1, 0.15) is 12.0 Å². The maximum Gasteiger partial charge on any atom is 0.152 e. The highest BCUT2D eigenvalue weighted by atomic mass is 35.5. The zero-order valence-corrected chi connectivity index (χ0v) is 8.84. The van der Waals surface area contributed by atoms with Crippen molar-refractivity contribution in [2.24, 2.45) is 0 Å². The number of hydrogen-bond acceptors (Lipinski definition) is 3. The molecule has 2 rings (SSSR count). The first kappa shape index (κ1) is 9.74. The first-order valence-corrected chi connectivity index (χ1v) is 5.10. The van der Waals surface area contributed by atoms with Gasteiger partial charge in [-0.1, -0.05) is 11.6 Å². The summed E-state index contributed by atoms with van der Waals surface area (Å²) >= 11 is 5.96. The lowest BCUT2D eigenvalue weighted by Crippen LogP contribution is -2.19. The van der Waals surface area contributed by atoms with E-state index in [-0.39, 0.29) is 0 Å². The molecule has 1 aliphatic heterocycles. The smallest absolute Gasteiger partial charge is 0.152 e. The highest BCUT2D eigenvalue weighted by Crippen LogP contribution is 2.22. The van der Waals surface area contributed by atoms with Crippen molar-refractivity contribution in [3.63, 3.8) is 0 Å². The molecular weight excluding hydrogens is 200 g/mol. The number of anilines is 1. The van der Waals surface area contributed by atoms with Gasteiger partial charge >= 0.3 is 0 Å². The quantitative estimate of drug-likeness (QED) is 0.764. The van der Waals surface area contributed by atoms with Crippen LogP contribution in [0.15, 0.2) is 12.3 Å². The SMILES string of the molecule is Cc1cnc(Cl)c(NC2CCOC2)c1. The Kier molecular flexibility index (Phi) is 2.89. The van der Waals surface area contributed by atoms with Gasteiger partial charge in [0, 0.05) is 12.8 Å². The summed E-state index contributed by atoms with van der Waals surface area (Å²) in [6.45, 7) is 3.58. The molecule has 1 fully saturated rings. The van der Waals surface area contributed by atoms with Crippen LogP contribution in [-0.4, -0.2) is 24.2 Å². The minimum absolute atomic E-state index is 0.371. The second-order valence-electron chi connectivity index (χ2n) is 3.56. The van der Waals surface area contributed by atoms with Crippen LogP contribution in [-0.2, 0) is 4.74 Å². The molecule has 76 valence electrons. The molecule has 1 atom stereocenters. The average Bonchev–Trinajstić information content (AvgIpc) is 2.64. The Bertz CT molecular complexity index is 324. The lowest BCUT2D eigenvalue weighted by atomic mass is 10.2. The Labute approximate surface area is 88.4 Å². The first-order chi connectivity index (χ1) is 6.75. The molecule has 0 saturated carbocycles. The van der Waals surface area contributed by atoms with E-state index in [1.807, 2.05) is 13.0 Å². The summed E-state index contributed by atoms with van der Waals surface area (Å²) in [6.07, 6.45) is 2.79. The van der Waals surface area contributed by atoms with E-state index < -0.39 is 0 Å². The van der Waals surface area contributed by atoms with Crippen molar-refractivity contribution in [1.29, 1.82) is 0 Å². The Morgan fingerprint density at radius 3 is 3.21 bits per heavy atom. The molecule has 0 bridgehead atoms. The van der Waals surface area contributed by atoms with Crippen molar-refractivity contribution < 1.29 is 4.74 Å². The lowest BCUT2D eigenvalue weighted by Gasteiger charge is -2.13. The van der Waals surface area contributed by atoms with Gasteiger partial charge in [-0.2, -0.15) is 0 Å². The Hall–Kier alpha value is -0.800. The Balaban J connectivity index is 2.10. The summed E-state index contributed by atoms with van der Waals surface area (Å²) in [5.41, 5.74) is 2.01. The van der Waals surface area contributed by atoms with Gasteiger partial charge in [0.2, 0.25) is 0 Å². The third kappa shape index (κ3) is 2.16. The summed E-state index contributed by atoms with van der Waals surface area (Å²) in [7, 11) is 0. The highest BCUT2D eigenvalue weighted by Gasteiger charge is 2.16. The monoisotopic (exact) mass is 212 g/mol. The number of nitrogens with one attached hydrogen (secondary N) is 1. The van der Waals surface area contributed by atoms with E-state index in [0.717, 1.165) is 30.9 Å². The summed E-state index contributed by atoms with van der Waals surface area (Å²) in [5, 5.41) is 3.86. The van der Waals surface area contributed by atoms with Gasteiger partial charge in [-0.05, 0) is 25.0 Å². The third-order valence-electron chi connectivity index (χ3n) is 2.27. The summed E-state index contributed by atoms with van der Waals surface area (Å²) in [4.78, 5) is 4.08. The number of aromatic nitrogens is 1. The molecule has 0 amide bonds. The lowest BCUT2D eigenvalue weighted by molar-refractivity contribution is 0.195. The molecule has 1 aromatic heterocycles. The molecule has 2 heterocycles. The van der Waals surface area contributed by atoms with E-state index in [1.165, 1.54) is 0 Å². The van der Waals surface area contributed by atoms with Gasteiger partial charge in [0.05, 0.1) is 18.3 Å². The molecule has 3 nitrogen and oxygen atoms in total. The van der Waals surface area contributed by atoms with Crippen LogP contribution in [0.25, 0.3) is 0 Å². The van der Waals surface area contributed by atoms with E-state index in [9.17, 15) is 0 Å².